The second-order valence-corrected chi connectivity index (χ2v) is 5.96. The van der Waals surface area contributed by atoms with Crippen LogP contribution in [0.2, 0.25) is 0 Å². The van der Waals surface area contributed by atoms with Gasteiger partial charge in [0.05, 0.1) is 5.41 Å². The minimum atomic E-state index is -0.730. The summed E-state index contributed by atoms with van der Waals surface area (Å²) in [5.74, 6) is -0.224. The van der Waals surface area contributed by atoms with E-state index in [1.807, 2.05) is 11.0 Å². The van der Waals surface area contributed by atoms with Crippen LogP contribution in [0.1, 0.15) is 44.9 Å². The van der Waals surface area contributed by atoms with Crippen LogP contribution in [0.15, 0.2) is 12.7 Å². The number of carbonyl (C=O) groups excluding carboxylic acids is 1. The standard InChI is InChI=1S/C15H23NO3/c1-2-6-15(7-3-8-15)14(19)16-9-4-12(5-10-16)11-13(17)18/h2,12H,1,3-11H2,(H,17,18). The number of allylic oxidation sites excluding steroid dienone is 1. The Balaban J connectivity index is 1.88. The fourth-order valence-electron chi connectivity index (χ4n) is 3.31. The molecule has 1 N–H and O–H groups in total. The minimum absolute atomic E-state index is 0.179. The molecule has 4 heteroatoms. The summed E-state index contributed by atoms with van der Waals surface area (Å²) in [4.78, 5) is 25.2. The second-order valence-electron chi connectivity index (χ2n) is 5.96. The number of aliphatic carboxylic acids is 1. The molecule has 19 heavy (non-hydrogen) atoms. The molecule has 1 heterocycles. The van der Waals surface area contributed by atoms with Gasteiger partial charge in [-0.05, 0) is 38.0 Å². The summed E-state index contributed by atoms with van der Waals surface area (Å²) in [6, 6.07) is 0. The van der Waals surface area contributed by atoms with Crippen molar-refractivity contribution >= 4 is 11.9 Å². The van der Waals surface area contributed by atoms with Crippen LogP contribution in [0.3, 0.4) is 0 Å². The van der Waals surface area contributed by atoms with E-state index in [9.17, 15) is 9.59 Å². The molecule has 0 aromatic carbocycles. The summed E-state index contributed by atoms with van der Waals surface area (Å²) >= 11 is 0. The molecule has 2 rings (SSSR count). The molecule has 1 saturated heterocycles. The third-order valence-electron chi connectivity index (χ3n) is 4.66. The number of hydrogen-bond acceptors (Lipinski definition) is 2. The van der Waals surface area contributed by atoms with Crippen molar-refractivity contribution in [3.63, 3.8) is 0 Å². The van der Waals surface area contributed by atoms with Crippen LogP contribution >= 0.6 is 0 Å². The summed E-state index contributed by atoms with van der Waals surface area (Å²) in [5, 5.41) is 8.80. The van der Waals surface area contributed by atoms with Gasteiger partial charge < -0.3 is 10.0 Å². The molecule has 0 bridgehead atoms. The molecular formula is C15H23NO3. The first-order chi connectivity index (χ1) is 9.07. The molecular weight excluding hydrogens is 242 g/mol. The maximum absolute atomic E-state index is 12.6. The van der Waals surface area contributed by atoms with Gasteiger partial charge in [-0.3, -0.25) is 9.59 Å². The van der Waals surface area contributed by atoms with Gasteiger partial charge in [0.1, 0.15) is 0 Å². The highest BCUT2D eigenvalue weighted by molar-refractivity contribution is 5.84. The van der Waals surface area contributed by atoms with E-state index in [1.54, 1.807) is 0 Å². The van der Waals surface area contributed by atoms with Crippen LogP contribution in [0.25, 0.3) is 0 Å². The summed E-state index contributed by atoms with van der Waals surface area (Å²) in [6.07, 6.45) is 7.61. The van der Waals surface area contributed by atoms with Crippen LogP contribution in [0.4, 0.5) is 0 Å². The van der Waals surface area contributed by atoms with E-state index < -0.39 is 5.97 Å². The number of nitrogens with zero attached hydrogens (tertiary/aromatic N) is 1. The zero-order chi connectivity index (χ0) is 13.9. The smallest absolute Gasteiger partial charge is 0.303 e. The normalized spacial score (nSPS) is 22.6. The Morgan fingerprint density at radius 3 is 2.37 bits per heavy atom. The monoisotopic (exact) mass is 265 g/mol. The highest BCUT2D eigenvalue weighted by atomic mass is 16.4. The topological polar surface area (TPSA) is 57.6 Å². The van der Waals surface area contributed by atoms with E-state index >= 15 is 0 Å². The lowest BCUT2D eigenvalue weighted by Gasteiger charge is -2.44. The van der Waals surface area contributed by atoms with Crippen molar-refractivity contribution in [1.82, 2.24) is 4.90 Å². The third kappa shape index (κ3) is 2.99. The molecule has 1 saturated carbocycles. The fraction of sp³-hybridized carbons (Fsp3) is 0.733. The maximum atomic E-state index is 12.6. The maximum Gasteiger partial charge on any atom is 0.303 e. The molecule has 0 radical (unpaired) electrons. The van der Waals surface area contributed by atoms with E-state index in [0.717, 1.165) is 51.6 Å². The van der Waals surface area contributed by atoms with Crippen molar-refractivity contribution in [2.24, 2.45) is 11.3 Å². The zero-order valence-electron chi connectivity index (χ0n) is 11.4. The van der Waals surface area contributed by atoms with E-state index in [-0.39, 0.29) is 23.7 Å². The lowest BCUT2D eigenvalue weighted by atomic mass is 9.65. The summed E-state index contributed by atoms with van der Waals surface area (Å²) < 4.78 is 0. The number of carboxylic acids is 1. The second kappa shape index (κ2) is 5.76. The Hall–Kier alpha value is -1.32. The van der Waals surface area contributed by atoms with Crippen molar-refractivity contribution in [3.8, 4) is 0 Å². The molecule has 1 aliphatic heterocycles. The highest BCUT2D eigenvalue weighted by Gasteiger charge is 2.45. The number of hydrogen-bond donors (Lipinski definition) is 1. The Kier molecular flexibility index (Phi) is 4.27. The van der Waals surface area contributed by atoms with Crippen LogP contribution in [-0.4, -0.2) is 35.0 Å². The molecule has 2 aliphatic rings. The van der Waals surface area contributed by atoms with Gasteiger partial charge in [-0.15, -0.1) is 6.58 Å². The number of amides is 1. The largest absolute Gasteiger partial charge is 0.481 e. The Labute approximate surface area is 114 Å². The van der Waals surface area contributed by atoms with E-state index in [0.29, 0.717) is 0 Å². The van der Waals surface area contributed by atoms with Gasteiger partial charge in [-0.1, -0.05) is 12.5 Å². The Bertz CT molecular complexity index is 366. The lowest BCUT2D eigenvalue weighted by Crippen LogP contribution is -2.50. The first-order valence-electron chi connectivity index (χ1n) is 7.19. The predicted molar refractivity (Wildman–Crippen MR) is 72.7 cm³/mol. The molecule has 0 spiro atoms. The van der Waals surface area contributed by atoms with Gasteiger partial charge >= 0.3 is 5.97 Å². The SMILES string of the molecule is C=CCC1(C(=O)N2CCC(CC(=O)O)CC2)CCC1. The van der Waals surface area contributed by atoms with Crippen molar-refractivity contribution in [2.75, 3.05) is 13.1 Å². The molecule has 2 fully saturated rings. The quantitative estimate of drug-likeness (QED) is 0.777. The van der Waals surface area contributed by atoms with Crippen molar-refractivity contribution in [3.05, 3.63) is 12.7 Å². The molecule has 0 unspecified atom stereocenters. The first kappa shape index (κ1) is 14.1. The Morgan fingerprint density at radius 2 is 1.95 bits per heavy atom. The predicted octanol–water partition coefficient (Wildman–Crippen LogP) is 2.45. The molecule has 106 valence electrons. The number of carboxylic acid groups (broad SMARTS) is 1. The van der Waals surface area contributed by atoms with Crippen LogP contribution in [0.5, 0.6) is 0 Å². The van der Waals surface area contributed by atoms with E-state index in [4.69, 9.17) is 5.11 Å². The van der Waals surface area contributed by atoms with E-state index in [2.05, 4.69) is 6.58 Å². The van der Waals surface area contributed by atoms with Gasteiger partial charge in [0, 0.05) is 19.5 Å². The molecule has 1 amide bonds. The van der Waals surface area contributed by atoms with Gasteiger partial charge in [-0.2, -0.15) is 0 Å². The number of rotatable bonds is 5. The minimum Gasteiger partial charge on any atom is -0.481 e. The highest BCUT2D eigenvalue weighted by Crippen LogP contribution is 2.46. The molecule has 4 nitrogen and oxygen atoms in total. The van der Waals surface area contributed by atoms with Gasteiger partial charge in [0.2, 0.25) is 5.91 Å². The van der Waals surface area contributed by atoms with Crippen molar-refractivity contribution in [2.45, 2.75) is 44.9 Å². The van der Waals surface area contributed by atoms with Crippen molar-refractivity contribution in [1.29, 1.82) is 0 Å². The molecule has 0 aromatic heterocycles. The van der Waals surface area contributed by atoms with Crippen LogP contribution < -0.4 is 0 Å². The average Bonchev–Trinajstić information content (AvgIpc) is 2.33. The first-order valence-corrected chi connectivity index (χ1v) is 7.19. The van der Waals surface area contributed by atoms with E-state index in [1.165, 1.54) is 0 Å². The Morgan fingerprint density at radius 1 is 1.32 bits per heavy atom. The lowest BCUT2D eigenvalue weighted by molar-refractivity contribution is -0.149. The van der Waals surface area contributed by atoms with Crippen molar-refractivity contribution < 1.29 is 14.7 Å². The average molecular weight is 265 g/mol. The van der Waals surface area contributed by atoms with Gasteiger partial charge in [0.15, 0.2) is 0 Å². The molecule has 0 aromatic rings. The summed E-state index contributed by atoms with van der Waals surface area (Å²) in [5.41, 5.74) is -0.179. The molecule has 1 aliphatic carbocycles. The zero-order valence-corrected chi connectivity index (χ0v) is 11.4. The number of likely N-dealkylation sites (tertiary alicyclic amines) is 1. The number of piperidine rings is 1. The fourth-order valence-corrected chi connectivity index (χ4v) is 3.31. The van der Waals surface area contributed by atoms with Crippen LogP contribution in [-0.2, 0) is 9.59 Å². The third-order valence-corrected chi connectivity index (χ3v) is 4.66. The summed E-state index contributed by atoms with van der Waals surface area (Å²) in [6.45, 7) is 5.20. The number of carbonyl (C=O) groups is 2. The van der Waals surface area contributed by atoms with Gasteiger partial charge in [-0.25, -0.2) is 0 Å². The van der Waals surface area contributed by atoms with Crippen LogP contribution in [0, 0.1) is 11.3 Å². The molecule has 0 atom stereocenters. The summed E-state index contributed by atoms with van der Waals surface area (Å²) in [7, 11) is 0. The van der Waals surface area contributed by atoms with Gasteiger partial charge in [0.25, 0.3) is 0 Å².